The molecule has 0 radical (unpaired) electrons. The van der Waals surface area contributed by atoms with Crippen molar-refractivity contribution in [3.8, 4) is 11.5 Å². The van der Waals surface area contributed by atoms with Crippen LogP contribution in [-0.2, 0) is 9.59 Å². The molecule has 6 nitrogen and oxygen atoms in total. The number of para-hydroxylation sites is 2. The van der Waals surface area contributed by atoms with Gasteiger partial charge in [0.1, 0.15) is 22.9 Å². The maximum Gasteiger partial charge on any atom is 0.281 e. The van der Waals surface area contributed by atoms with Gasteiger partial charge in [0, 0.05) is 0 Å². The van der Waals surface area contributed by atoms with Crippen LogP contribution >= 0.6 is 11.6 Å². The normalized spacial score (nSPS) is 19.2. The Hall–Kier alpha value is -2.86. The van der Waals surface area contributed by atoms with Crippen molar-refractivity contribution in [3.63, 3.8) is 0 Å². The van der Waals surface area contributed by atoms with Gasteiger partial charge in [-0.25, -0.2) is 9.89 Å². The van der Waals surface area contributed by atoms with E-state index in [1.54, 1.807) is 36.4 Å². The molecule has 3 rings (SSSR count). The molecule has 1 aliphatic rings. The molecule has 1 heterocycles. The number of amides is 2. The van der Waals surface area contributed by atoms with Crippen LogP contribution in [0.5, 0.6) is 11.5 Å². The van der Waals surface area contributed by atoms with Crippen LogP contribution in [-0.4, -0.2) is 35.1 Å². The summed E-state index contributed by atoms with van der Waals surface area (Å²) in [5.41, 5.74) is 0.425. The fourth-order valence-corrected chi connectivity index (χ4v) is 2.56. The highest BCUT2D eigenvalue weighted by atomic mass is 35.5. The van der Waals surface area contributed by atoms with E-state index < -0.39 is 17.2 Å². The predicted molar refractivity (Wildman–Crippen MR) is 90.3 cm³/mol. The fraction of sp³-hybridized carbons (Fsp3) is 0.118. The summed E-state index contributed by atoms with van der Waals surface area (Å²) in [5.74, 6) is -0.699. The highest BCUT2D eigenvalue weighted by Gasteiger charge is 2.44. The molecule has 0 aromatic heterocycles. The van der Waals surface area contributed by atoms with Crippen molar-refractivity contribution in [2.45, 2.75) is 5.38 Å². The first-order valence-electron chi connectivity index (χ1n) is 7.06. The Labute approximate surface area is 142 Å². The Bertz CT molecular complexity index is 833. The smallest absolute Gasteiger partial charge is 0.281 e. The molecular weight excluding hydrogens is 332 g/mol. The number of phenolic OH excluding ortho intramolecular Hbond substituents is 1. The van der Waals surface area contributed by atoms with Crippen molar-refractivity contribution < 1.29 is 19.4 Å². The number of aromatic hydroxyl groups is 1. The summed E-state index contributed by atoms with van der Waals surface area (Å²) in [6.07, 6.45) is 0. The summed E-state index contributed by atoms with van der Waals surface area (Å²) < 4.78 is 5.05. The molecule has 122 valence electrons. The number of alkyl halides is 1. The van der Waals surface area contributed by atoms with Crippen LogP contribution in [0.4, 0.5) is 11.4 Å². The number of ether oxygens (including phenoxy) is 1. The zero-order valence-electron chi connectivity index (χ0n) is 12.6. The molecule has 0 bridgehead atoms. The van der Waals surface area contributed by atoms with Gasteiger partial charge in [-0.1, -0.05) is 12.1 Å². The number of carbonyl (C=O) groups excluding carboxylic acids is 2. The number of methoxy groups -OCH3 is 1. The van der Waals surface area contributed by atoms with Gasteiger partial charge in [-0.2, -0.15) is 0 Å². The molecule has 2 aromatic carbocycles. The highest BCUT2D eigenvalue weighted by Crippen LogP contribution is 2.30. The van der Waals surface area contributed by atoms with E-state index in [-0.39, 0.29) is 17.1 Å². The van der Waals surface area contributed by atoms with Gasteiger partial charge in [-0.15, -0.1) is 11.6 Å². The van der Waals surface area contributed by atoms with Crippen molar-refractivity contribution >= 4 is 40.5 Å². The number of benzene rings is 2. The van der Waals surface area contributed by atoms with E-state index in [0.29, 0.717) is 11.4 Å². The zero-order valence-corrected chi connectivity index (χ0v) is 13.4. The number of phenols is 1. The van der Waals surface area contributed by atoms with Crippen molar-refractivity contribution in [2.24, 2.45) is 4.99 Å². The molecule has 1 saturated heterocycles. The maximum atomic E-state index is 12.6. The Morgan fingerprint density at radius 3 is 2.42 bits per heavy atom. The van der Waals surface area contributed by atoms with E-state index in [1.807, 2.05) is 0 Å². The second kappa shape index (κ2) is 6.33. The summed E-state index contributed by atoms with van der Waals surface area (Å²) in [4.78, 5) is 30.0. The number of imide groups is 1. The van der Waals surface area contributed by atoms with E-state index in [2.05, 4.69) is 4.99 Å². The third kappa shape index (κ3) is 2.72. The monoisotopic (exact) mass is 344 g/mol. The van der Waals surface area contributed by atoms with E-state index in [0.717, 1.165) is 4.90 Å². The summed E-state index contributed by atoms with van der Waals surface area (Å²) in [6, 6.07) is 12.7. The number of hydrogen-bond donors (Lipinski definition) is 1. The minimum atomic E-state index is -1.21. The Balaban J connectivity index is 1.98. The predicted octanol–water partition coefficient (Wildman–Crippen LogP) is 2.65. The molecule has 0 saturated carbocycles. The minimum Gasteiger partial charge on any atom is -0.506 e. The van der Waals surface area contributed by atoms with E-state index in [9.17, 15) is 14.7 Å². The third-order valence-electron chi connectivity index (χ3n) is 3.55. The molecule has 1 aliphatic heterocycles. The third-order valence-corrected chi connectivity index (χ3v) is 3.95. The highest BCUT2D eigenvalue weighted by molar-refractivity contribution is 6.68. The van der Waals surface area contributed by atoms with Crippen LogP contribution in [0.1, 0.15) is 0 Å². The van der Waals surface area contributed by atoms with Crippen LogP contribution in [0.15, 0.2) is 53.5 Å². The lowest BCUT2D eigenvalue weighted by Crippen LogP contribution is -2.31. The largest absolute Gasteiger partial charge is 0.506 e. The summed E-state index contributed by atoms with van der Waals surface area (Å²) in [6.45, 7) is 0. The number of aliphatic imine (C=N–C) groups is 1. The molecule has 1 atom stereocenters. The number of nitrogens with zero attached hydrogens (tertiary/aromatic N) is 2. The average molecular weight is 345 g/mol. The summed E-state index contributed by atoms with van der Waals surface area (Å²) in [7, 11) is 1.52. The fourth-order valence-electron chi connectivity index (χ4n) is 2.32. The molecule has 1 fully saturated rings. The first-order valence-corrected chi connectivity index (χ1v) is 7.49. The lowest BCUT2D eigenvalue weighted by Gasteiger charge is -2.13. The van der Waals surface area contributed by atoms with E-state index >= 15 is 0 Å². The van der Waals surface area contributed by atoms with Gasteiger partial charge in [0.15, 0.2) is 5.38 Å². The molecule has 0 aliphatic carbocycles. The van der Waals surface area contributed by atoms with Crippen molar-refractivity contribution in [2.75, 3.05) is 12.0 Å². The van der Waals surface area contributed by atoms with Crippen molar-refractivity contribution in [1.29, 1.82) is 0 Å². The summed E-state index contributed by atoms with van der Waals surface area (Å²) in [5, 5.41) is 8.57. The Morgan fingerprint density at radius 2 is 1.79 bits per heavy atom. The lowest BCUT2D eigenvalue weighted by molar-refractivity contribution is -0.120. The standard InChI is InChI=1S/C17H13ClN2O4/c1-24-11-8-6-10(7-9-11)20-16(22)14(18)15(17(20)23)19-12-4-2-3-5-13(12)21/h2-9,14,21H,1H3. The van der Waals surface area contributed by atoms with Gasteiger partial charge < -0.3 is 9.84 Å². The van der Waals surface area contributed by atoms with Crippen LogP contribution in [0.2, 0.25) is 0 Å². The molecule has 24 heavy (non-hydrogen) atoms. The number of hydrogen-bond acceptors (Lipinski definition) is 5. The van der Waals surface area contributed by atoms with Crippen LogP contribution in [0.25, 0.3) is 0 Å². The molecule has 2 amide bonds. The zero-order chi connectivity index (χ0) is 17.3. The van der Waals surface area contributed by atoms with Gasteiger partial charge in [0.25, 0.3) is 11.8 Å². The molecule has 2 aromatic rings. The number of halogens is 1. The number of carbonyl (C=O) groups is 2. The van der Waals surface area contributed by atoms with Crippen LogP contribution in [0.3, 0.4) is 0 Å². The molecule has 0 spiro atoms. The average Bonchev–Trinajstić information content (AvgIpc) is 2.80. The van der Waals surface area contributed by atoms with E-state index in [4.69, 9.17) is 16.3 Å². The quantitative estimate of drug-likeness (QED) is 0.685. The topological polar surface area (TPSA) is 79.2 Å². The van der Waals surface area contributed by atoms with Gasteiger partial charge >= 0.3 is 0 Å². The molecular formula is C17H13ClN2O4. The van der Waals surface area contributed by atoms with Gasteiger partial charge in [-0.3, -0.25) is 9.59 Å². The SMILES string of the molecule is COc1ccc(N2C(=O)C(=Nc3ccccc3O)C(Cl)C2=O)cc1. The van der Waals surface area contributed by atoms with Crippen LogP contribution < -0.4 is 9.64 Å². The molecule has 7 heteroatoms. The maximum absolute atomic E-state index is 12.6. The summed E-state index contributed by atoms with van der Waals surface area (Å²) >= 11 is 6.08. The van der Waals surface area contributed by atoms with Gasteiger partial charge in [-0.05, 0) is 36.4 Å². The lowest BCUT2D eigenvalue weighted by atomic mass is 10.2. The molecule has 1 N–H and O–H groups in total. The Morgan fingerprint density at radius 1 is 1.12 bits per heavy atom. The second-order valence-corrected chi connectivity index (χ2v) is 5.46. The van der Waals surface area contributed by atoms with E-state index in [1.165, 1.54) is 19.2 Å². The minimum absolute atomic E-state index is 0.1000. The van der Waals surface area contributed by atoms with Crippen LogP contribution in [0, 0.1) is 0 Å². The van der Waals surface area contributed by atoms with Crippen molar-refractivity contribution in [3.05, 3.63) is 48.5 Å². The first kappa shape index (κ1) is 16.0. The molecule has 1 unspecified atom stereocenters. The van der Waals surface area contributed by atoms with Gasteiger partial charge in [0.05, 0.1) is 12.8 Å². The Kier molecular flexibility index (Phi) is 4.22. The van der Waals surface area contributed by atoms with Crippen molar-refractivity contribution in [1.82, 2.24) is 0 Å². The second-order valence-electron chi connectivity index (χ2n) is 5.03. The number of anilines is 1. The first-order chi connectivity index (χ1) is 11.5. The van der Waals surface area contributed by atoms with Gasteiger partial charge in [0.2, 0.25) is 0 Å². The number of rotatable bonds is 3.